The topological polar surface area (TPSA) is 79.5 Å². The Bertz CT molecular complexity index is 988. The summed E-state index contributed by atoms with van der Waals surface area (Å²) < 4.78 is 45.9. The number of amides is 2. The number of alkyl halides is 3. The SMILES string of the molecule is CCN1C[C@@H](C(=O)N2CCC[C@H](c3cc(C(F)(F)F)c4c(C)noc4n3)C2)CC1=O. The largest absolute Gasteiger partial charge is 0.417 e. The minimum absolute atomic E-state index is 0.0352. The van der Waals surface area contributed by atoms with Crippen molar-refractivity contribution in [2.24, 2.45) is 5.92 Å². The molecule has 30 heavy (non-hydrogen) atoms. The van der Waals surface area contributed by atoms with E-state index in [1.807, 2.05) is 6.92 Å². The Morgan fingerprint density at radius 3 is 2.77 bits per heavy atom. The van der Waals surface area contributed by atoms with Gasteiger partial charge in [-0.15, -0.1) is 0 Å². The molecular formula is C20H23F3N4O3. The number of hydrogen-bond acceptors (Lipinski definition) is 5. The molecule has 2 aliphatic heterocycles. The van der Waals surface area contributed by atoms with E-state index in [0.717, 1.165) is 6.07 Å². The fourth-order valence-corrected chi connectivity index (χ4v) is 4.47. The van der Waals surface area contributed by atoms with Gasteiger partial charge in [-0.3, -0.25) is 9.59 Å². The van der Waals surface area contributed by atoms with Crippen molar-refractivity contribution in [1.82, 2.24) is 19.9 Å². The van der Waals surface area contributed by atoms with Crippen molar-refractivity contribution in [3.8, 4) is 0 Å². The van der Waals surface area contributed by atoms with Crippen LogP contribution in [0.4, 0.5) is 13.2 Å². The Hall–Kier alpha value is -2.65. The van der Waals surface area contributed by atoms with Crippen LogP contribution in [0, 0.1) is 12.8 Å². The molecule has 162 valence electrons. The molecule has 0 aliphatic carbocycles. The average molecular weight is 424 g/mol. The second-order valence-electron chi connectivity index (χ2n) is 8.00. The Morgan fingerprint density at radius 2 is 2.10 bits per heavy atom. The van der Waals surface area contributed by atoms with Gasteiger partial charge < -0.3 is 14.3 Å². The van der Waals surface area contributed by atoms with Crippen molar-refractivity contribution in [1.29, 1.82) is 0 Å². The van der Waals surface area contributed by atoms with Gasteiger partial charge in [0.15, 0.2) is 0 Å². The van der Waals surface area contributed by atoms with E-state index < -0.39 is 17.7 Å². The molecule has 4 rings (SSSR count). The Balaban J connectivity index is 1.59. The zero-order valence-electron chi connectivity index (χ0n) is 16.8. The summed E-state index contributed by atoms with van der Waals surface area (Å²) in [7, 11) is 0. The second kappa shape index (κ2) is 7.55. The summed E-state index contributed by atoms with van der Waals surface area (Å²) in [5.74, 6) is -0.879. The third-order valence-electron chi connectivity index (χ3n) is 6.04. The van der Waals surface area contributed by atoms with Gasteiger partial charge in [0.05, 0.1) is 28.3 Å². The highest BCUT2D eigenvalue weighted by atomic mass is 19.4. The van der Waals surface area contributed by atoms with Crippen molar-refractivity contribution in [2.75, 3.05) is 26.2 Å². The van der Waals surface area contributed by atoms with E-state index in [-0.39, 0.29) is 53.2 Å². The number of fused-ring (bicyclic) bond motifs is 1. The fourth-order valence-electron chi connectivity index (χ4n) is 4.47. The number of carbonyl (C=O) groups is 2. The molecule has 10 heteroatoms. The maximum atomic E-state index is 13.6. The van der Waals surface area contributed by atoms with Crippen LogP contribution in [-0.4, -0.2) is 57.9 Å². The van der Waals surface area contributed by atoms with Crippen LogP contribution in [0.15, 0.2) is 10.6 Å². The molecule has 2 atom stereocenters. The molecule has 2 amide bonds. The van der Waals surface area contributed by atoms with Crippen molar-refractivity contribution in [3.63, 3.8) is 0 Å². The molecular weight excluding hydrogens is 401 g/mol. The van der Waals surface area contributed by atoms with Crippen molar-refractivity contribution < 1.29 is 27.3 Å². The summed E-state index contributed by atoms with van der Waals surface area (Å²) >= 11 is 0. The summed E-state index contributed by atoms with van der Waals surface area (Å²) in [5.41, 5.74) is -0.560. The molecule has 7 nitrogen and oxygen atoms in total. The maximum absolute atomic E-state index is 13.6. The molecule has 0 bridgehead atoms. The highest BCUT2D eigenvalue weighted by Gasteiger charge is 2.39. The molecule has 2 aromatic heterocycles. The average Bonchev–Trinajstić information content (AvgIpc) is 3.28. The number of carbonyl (C=O) groups excluding carboxylic acids is 2. The highest BCUT2D eigenvalue weighted by Crippen LogP contribution is 2.38. The summed E-state index contributed by atoms with van der Waals surface area (Å²) in [5, 5.41) is 3.51. The first-order chi connectivity index (χ1) is 14.2. The van der Waals surface area contributed by atoms with E-state index >= 15 is 0 Å². The zero-order valence-corrected chi connectivity index (χ0v) is 16.8. The van der Waals surface area contributed by atoms with E-state index in [1.54, 1.807) is 9.80 Å². The van der Waals surface area contributed by atoms with Gasteiger partial charge in [0.25, 0.3) is 5.71 Å². The van der Waals surface area contributed by atoms with Gasteiger partial charge in [-0.05, 0) is 32.8 Å². The van der Waals surface area contributed by atoms with Crippen molar-refractivity contribution in [3.05, 3.63) is 23.0 Å². The maximum Gasteiger partial charge on any atom is 0.417 e. The number of aryl methyl sites for hydroxylation is 1. The summed E-state index contributed by atoms with van der Waals surface area (Å²) in [6.45, 7) is 5.08. The van der Waals surface area contributed by atoms with E-state index in [2.05, 4.69) is 10.1 Å². The smallest absolute Gasteiger partial charge is 0.342 e. The Kier molecular flexibility index (Phi) is 5.19. The first kappa shape index (κ1) is 20.6. The first-order valence-electron chi connectivity index (χ1n) is 10.1. The highest BCUT2D eigenvalue weighted by molar-refractivity contribution is 5.89. The lowest BCUT2D eigenvalue weighted by Gasteiger charge is -2.34. The van der Waals surface area contributed by atoms with Gasteiger partial charge in [0.2, 0.25) is 11.8 Å². The molecule has 2 fully saturated rings. The minimum atomic E-state index is -4.57. The van der Waals surface area contributed by atoms with Gasteiger partial charge >= 0.3 is 6.18 Å². The Morgan fingerprint density at radius 1 is 1.33 bits per heavy atom. The molecule has 2 saturated heterocycles. The predicted octanol–water partition coefficient (Wildman–Crippen LogP) is 3.12. The molecule has 2 aliphatic rings. The first-order valence-corrected chi connectivity index (χ1v) is 10.1. The molecule has 2 aromatic rings. The number of nitrogens with zero attached hydrogens (tertiary/aromatic N) is 4. The predicted molar refractivity (Wildman–Crippen MR) is 100 cm³/mol. The third-order valence-corrected chi connectivity index (χ3v) is 6.04. The molecule has 0 aromatic carbocycles. The lowest BCUT2D eigenvalue weighted by molar-refractivity contribution is -0.137. The molecule has 0 spiro atoms. The van der Waals surface area contributed by atoms with Crippen LogP contribution in [0.5, 0.6) is 0 Å². The summed E-state index contributed by atoms with van der Waals surface area (Å²) in [4.78, 5) is 32.5. The van der Waals surface area contributed by atoms with Crippen molar-refractivity contribution in [2.45, 2.75) is 45.2 Å². The number of halogens is 3. The zero-order chi connectivity index (χ0) is 21.6. The quantitative estimate of drug-likeness (QED) is 0.757. The minimum Gasteiger partial charge on any atom is -0.342 e. The molecule has 0 unspecified atom stereocenters. The molecule has 0 saturated carbocycles. The fraction of sp³-hybridized carbons (Fsp3) is 0.600. The number of likely N-dealkylation sites (tertiary alicyclic amines) is 2. The van der Waals surface area contributed by atoms with Gasteiger partial charge in [0, 0.05) is 38.5 Å². The monoisotopic (exact) mass is 424 g/mol. The standard InChI is InChI=1S/C20H23F3N4O3/c1-3-26-10-13(7-16(26)28)19(29)27-6-4-5-12(9-27)15-8-14(20(21,22)23)17-11(2)25-30-18(17)24-15/h8,12-13H,3-7,9-10H2,1-2H3/t12-,13-/m0/s1. The van der Waals surface area contributed by atoms with E-state index in [9.17, 15) is 22.8 Å². The van der Waals surface area contributed by atoms with Crippen molar-refractivity contribution >= 4 is 22.9 Å². The number of hydrogen-bond donors (Lipinski definition) is 0. The normalized spacial score (nSPS) is 22.9. The van der Waals surface area contributed by atoms with E-state index in [0.29, 0.717) is 32.5 Å². The van der Waals surface area contributed by atoms with E-state index in [1.165, 1.54) is 6.92 Å². The van der Waals surface area contributed by atoms with Gasteiger partial charge in [0.1, 0.15) is 0 Å². The third kappa shape index (κ3) is 3.63. The molecule has 0 radical (unpaired) electrons. The van der Waals surface area contributed by atoms with Crippen LogP contribution in [0.2, 0.25) is 0 Å². The van der Waals surface area contributed by atoms with Gasteiger partial charge in [-0.2, -0.15) is 13.2 Å². The second-order valence-corrected chi connectivity index (χ2v) is 8.00. The summed E-state index contributed by atoms with van der Waals surface area (Å²) in [6, 6.07) is 1.06. The van der Waals surface area contributed by atoms with Crippen LogP contribution >= 0.6 is 0 Å². The van der Waals surface area contributed by atoms with Crippen LogP contribution < -0.4 is 0 Å². The number of rotatable bonds is 3. The lowest BCUT2D eigenvalue weighted by atomic mass is 9.91. The Labute approximate surface area is 171 Å². The van der Waals surface area contributed by atoms with Crippen LogP contribution in [-0.2, 0) is 15.8 Å². The number of piperidine rings is 1. The van der Waals surface area contributed by atoms with E-state index in [4.69, 9.17) is 4.52 Å². The number of aromatic nitrogens is 2. The van der Waals surface area contributed by atoms with Crippen LogP contribution in [0.1, 0.15) is 49.1 Å². The van der Waals surface area contributed by atoms with Gasteiger partial charge in [-0.25, -0.2) is 4.98 Å². The lowest BCUT2D eigenvalue weighted by Crippen LogP contribution is -2.43. The van der Waals surface area contributed by atoms with Gasteiger partial charge in [-0.1, -0.05) is 5.16 Å². The molecule has 0 N–H and O–H groups in total. The number of pyridine rings is 1. The molecule has 4 heterocycles. The van der Waals surface area contributed by atoms with Crippen LogP contribution in [0.3, 0.4) is 0 Å². The summed E-state index contributed by atoms with van der Waals surface area (Å²) in [6.07, 6.45) is -3.10. The van der Waals surface area contributed by atoms with Crippen LogP contribution in [0.25, 0.3) is 11.1 Å².